The van der Waals surface area contributed by atoms with Crippen molar-refractivity contribution in [1.82, 2.24) is 15.5 Å². The Bertz CT molecular complexity index is 1040. The van der Waals surface area contributed by atoms with E-state index in [1.54, 1.807) is 12.1 Å². The van der Waals surface area contributed by atoms with E-state index in [9.17, 15) is 4.39 Å². The predicted octanol–water partition coefficient (Wildman–Crippen LogP) is 6.18. The molecule has 33 heavy (non-hydrogen) atoms. The van der Waals surface area contributed by atoms with Crippen LogP contribution >= 0.6 is 22.6 Å². The number of aromatic nitrogens is 2. The molecule has 0 spiro atoms. The average Bonchev–Trinajstić information content (AvgIpc) is 3.28. The third kappa shape index (κ3) is 6.37. The van der Waals surface area contributed by atoms with Crippen LogP contribution in [0.4, 0.5) is 4.39 Å². The Hall–Kier alpha value is -1.90. The highest BCUT2D eigenvalue weighted by atomic mass is 127. The predicted molar refractivity (Wildman–Crippen MR) is 139 cm³/mol. The van der Waals surface area contributed by atoms with Crippen molar-refractivity contribution in [3.63, 3.8) is 0 Å². The van der Waals surface area contributed by atoms with Gasteiger partial charge in [-0.25, -0.2) is 4.39 Å². The van der Waals surface area contributed by atoms with Gasteiger partial charge in [-0.15, -0.1) is 5.10 Å². The smallest absolute Gasteiger partial charge is 0.123 e. The van der Waals surface area contributed by atoms with Gasteiger partial charge in [0.2, 0.25) is 0 Å². The summed E-state index contributed by atoms with van der Waals surface area (Å²) in [7, 11) is 0. The summed E-state index contributed by atoms with van der Waals surface area (Å²) in [5.74, 6) is 0.254. The van der Waals surface area contributed by atoms with Crippen molar-refractivity contribution in [2.24, 2.45) is 0 Å². The van der Waals surface area contributed by atoms with E-state index in [2.05, 4.69) is 75.4 Å². The summed E-state index contributed by atoms with van der Waals surface area (Å²) in [5.41, 5.74) is 6.50. The molecule has 0 amide bonds. The highest BCUT2D eigenvalue weighted by Crippen LogP contribution is 2.30. The van der Waals surface area contributed by atoms with Crippen LogP contribution in [0.25, 0.3) is 11.3 Å². The zero-order valence-electron chi connectivity index (χ0n) is 19.2. The van der Waals surface area contributed by atoms with Gasteiger partial charge in [-0.3, -0.25) is 0 Å². The van der Waals surface area contributed by atoms with Crippen molar-refractivity contribution in [3.8, 4) is 11.3 Å². The van der Waals surface area contributed by atoms with Gasteiger partial charge in [0.05, 0.1) is 18.0 Å². The van der Waals surface area contributed by atoms with Gasteiger partial charge in [-0.2, -0.15) is 5.10 Å². The Morgan fingerprint density at radius 2 is 1.88 bits per heavy atom. The largest absolute Gasteiger partial charge is 0.380 e. The zero-order chi connectivity index (χ0) is 23.2. The molecule has 2 heterocycles. The van der Waals surface area contributed by atoms with Gasteiger partial charge < -0.3 is 10.1 Å². The minimum atomic E-state index is -0.247. The van der Waals surface area contributed by atoms with E-state index in [4.69, 9.17) is 4.74 Å². The fourth-order valence-electron chi connectivity index (χ4n) is 4.51. The molecule has 1 unspecified atom stereocenters. The molecule has 3 atom stereocenters. The third-order valence-electron chi connectivity index (χ3n) is 6.32. The Labute approximate surface area is 209 Å². The van der Waals surface area contributed by atoms with E-state index < -0.39 is 0 Å². The summed E-state index contributed by atoms with van der Waals surface area (Å²) in [5, 5.41) is 12.2. The lowest BCUT2D eigenvalue weighted by molar-refractivity contribution is 0.110. The van der Waals surface area contributed by atoms with E-state index in [0.717, 1.165) is 48.3 Å². The Kier molecular flexibility index (Phi) is 8.44. The minimum Gasteiger partial charge on any atom is -0.380 e. The highest BCUT2D eigenvalue weighted by Gasteiger charge is 2.28. The first kappa shape index (κ1) is 24.2. The molecule has 0 aliphatic carbocycles. The van der Waals surface area contributed by atoms with Crippen molar-refractivity contribution < 1.29 is 9.13 Å². The molecular formula is C27H31FIN3O. The Morgan fingerprint density at radius 1 is 1.12 bits per heavy atom. The summed E-state index contributed by atoms with van der Waals surface area (Å²) < 4.78 is 19.9. The molecule has 2 aromatic carbocycles. The first-order chi connectivity index (χ1) is 16.0. The summed E-state index contributed by atoms with van der Waals surface area (Å²) in [6, 6.07) is 17.9. The highest BCUT2D eigenvalue weighted by molar-refractivity contribution is 14.1. The lowest BCUT2D eigenvalue weighted by Gasteiger charge is -2.20. The molecule has 4 nitrogen and oxygen atoms in total. The fourth-order valence-corrected chi connectivity index (χ4v) is 4.92. The number of halogens is 2. The first-order valence-corrected chi connectivity index (χ1v) is 12.9. The van der Waals surface area contributed by atoms with Crippen molar-refractivity contribution in [2.45, 2.75) is 49.0 Å². The van der Waals surface area contributed by atoms with Crippen molar-refractivity contribution >= 4 is 22.6 Å². The number of aryl methyl sites for hydroxylation is 2. The summed E-state index contributed by atoms with van der Waals surface area (Å²) >= 11 is 2.46. The molecule has 0 radical (unpaired) electrons. The first-order valence-electron chi connectivity index (χ1n) is 11.7. The second-order valence-electron chi connectivity index (χ2n) is 8.78. The molecule has 0 saturated carbocycles. The van der Waals surface area contributed by atoms with Crippen LogP contribution in [0.3, 0.4) is 0 Å². The number of hydrogen-bond donors (Lipinski definition) is 1. The summed E-state index contributed by atoms with van der Waals surface area (Å²) in [4.78, 5) is 0. The van der Waals surface area contributed by atoms with Crippen LogP contribution < -0.4 is 5.32 Å². The molecule has 174 valence electrons. The van der Waals surface area contributed by atoms with E-state index in [-0.39, 0.29) is 5.82 Å². The Balaban J connectivity index is 1.30. The van der Waals surface area contributed by atoms with Crippen LogP contribution in [0, 0.1) is 12.7 Å². The van der Waals surface area contributed by atoms with Gasteiger partial charge in [0.1, 0.15) is 5.82 Å². The molecule has 4 rings (SSSR count). The second kappa shape index (κ2) is 11.5. The number of alkyl halides is 1. The van der Waals surface area contributed by atoms with Crippen LogP contribution in [0.1, 0.15) is 52.0 Å². The maximum atomic E-state index is 13.3. The molecule has 1 fully saturated rings. The van der Waals surface area contributed by atoms with Crippen LogP contribution in [-0.2, 0) is 11.2 Å². The number of benzene rings is 2. The molecule has 0 bridgehead atoms. The van der Waals surface area contributed by atoms with Gasteiger partial charge in [0.15, 0.2) is 0 Å². The van der Waals surface area contributed by atoms with Gasteiger partial charge in [0, 0.05) is 28.1 Å². The van der Waals surface area contributed by atoms with E-state index in [0.29, 0.717) is 29.1 Å². The molecule has 1 aliphatic rings. The fraction of sp³-hybridized carbons (Fsp3) is 0.407. The van der Waals surface area contributed by atoms with Crippen LogP contribution in [0.15, 0.2) is 54.6 Å². The quantitative estimate of drug-likeness (QED) is 0.193. The molecular weight excluding hydrogens is 528 g/mol. The normalized spacial score (nSPS) is 19.0. The van der Waals surface area contributed by atoms with Crippen molar-refractivity contribution in [1.29, 1.82) is 0 Å². The Morgan fingerprint density at radius 3 is 2.61 bits per heavy atom. The molecule has 1 N–H and O–H groups in total. The van der Waals surface area contributed by atoms with Gasteiger partial charge in [-0.05, 0) is 86.7 Å². The topological polar surface area (TPSA) is 47.0 Å². The van der Waals surface area contributed by atoms with Gasteiger partial charge in [0.25, 0.3) is 0 Å². The number of nitrogens with zero attached hydrogens (tertiary/aromatic N) is 2. The molecule has 1 aliphatic heterocycles. The van der Waals surface area contributed by atoms with E-state index >= 15 is 0 Å². The lowest BCUT2D eigenvalue weighted by Crippen LogP contribution is -2.31. The van der Waals surface area contributed by atoms with E-state index in [1.165, 1.54) is 23.3 Å². The maximum absolute atomic E-state index is 13.3. The maximum Gasteiger partial charge on any atom is 0.123 e. The van der Waals surface area contributed by atoms with Crippen LogP contribution in [-0.4, -0.2) is 36.0 Å². The van der Waals surface area contributed by atoms with Crippen molar-refractivity contribution in [2.75, 3.05) is 19.8 Å². The third-order valence-corrected chi connectivity index (χ3v) is 7.04. The van der Waals surface area contributed by atoms with Crippen LogP contribution in [0.5, 0.6) is 0 Å². The SMILES string of the molecule is Cc1cc(CCCOC[C@H]2NCC[C@@H]2c2ccc(C(C)I)cc2)c(-c2ccc(F)cc2)nn1. The number of ether oxygens (including phenoxy) is 1. The molecule has 1 aromatic heterocycles. The second-order valence-corrected chi connectivity index (χ2v) is 10.7. The lowest BCUT2D eigenvalue weighted by atomic mass is 9.91. The number of nitrogens with one attached hydrogen (secondary N) is 1. The molecule has 6 heteroatoms. The van der Waals surface area contributed by atoms with E-state index in [1.807, 2.05) is 6.92 Å². The minimum absolute atomic E-state index is 0.247. The van der Waals surface area contributed by atoms with Crippen LogP contribution in [0.2, 0.25) is 0 Å². The average molecular weight is 559 g/mol. The van der Waals surface area contributed by atoms with Crippen molar-refractivity contribution in [3.05, 3.63) is 82.8 Å². The van der Waals surface area contributed by atoms with Gasteiger partial charge in [-0.1, -0.05) is 46.9 Å². The summed E-state index contributed by atoms with van der Waals surface area (Å²) in [6.45, 7) is 6.61. The molecule has 3 aromatic rings. The van der Waals surface area contributed by atoms with Gasteiger partial charge >= 0.3 is 0 Å². The standard InChI is InChI=1S/C27H31FIN3O/c1-18-16-23(27(32-31-18)22-9-11-24(28)12-10-22)4-3-15-33-17-26-25(13-14-30-26)21-7-5-20(6-8-21)19(2)29/h5-12,16,19,25-26,30H,3-4,13-15,17H2,1-2H3/t19?,25-,26-/m1/s1. The zero-order valence-corrected chi connectivity index (χ0v) is 21.4. The summed E-state index contributed by atoms with van der Waals surface area (Å²) in [6.07, 6.45) is 2.90. The molecule has 1 saturated heterocycles. The monoisotopic (exact) mass is 559 g/mol. The number of hydrogen-bond acceptors (Lipinski definition) is 4. The number of rotatable bonds is 9.